The van der Waals surface area contributed by atoms with Gasteiger partial charge in [0.15, 0.2) is 0 Å². The molecule has 0 radical (unpaired) electrons. The van der Waals surface area contributed by atoms with Crippen LogP contribution in [0.1, 0.15) is 12.8 Å². The zero-order valence-electron chi connectivity index (χ0n) is 10.4. The Hall–Kier alpha value is -0.740. The molecule has 1 N–H and O–H groups in total. The Balaban J connectivity index is 2.06. The van der Waals surface area contributed by atoms with Crippen LogP contribution in [-0.4, -0.2) is 33.3 Å². The number of ether oxygens (including phenoxy) is 1. The van der Waals surface area contributed by atoms with Gasteiger partial charge in [-0.2, -0.15) is 0 Å². The van der Waals surface area contributed by atoms with Gasteiger partial charge in [-0.3, -0.25) is 0 Å². The Morgan fingerprint density at radius 2 is 2.06 bits per heavy atom. The minimum atomic E-state index is 0.674. The normalized spacial score (nSPS) is 17.2. The van der Waals surface area contributed by atoms with E-state index in [1.165, 1.54) is 18.5 Å². The van der Waals surface area contributed by atoms with Gasteiger partial charge in [-0.05, 0) is 54.0 Å². The zero-order valence-corrected chi connectivity index (χ0v) is 12.0. The highest BCUT2D eigenvalue weighted by Crippen LogP contribution is 2.30. The molecule has 0 spiro atoms. The summed E-state index contributed by atoms with van der Waals surface area (Å²) in [5.41, 5.74) is 1.27. The fraction of sp³-hybridized carbons (Fsp3) is 0.538. The molecule has 1 fully saturated rings. The number of piperidine rings is 1. The van der Waals surface area contributed by atoms with Crippen LogP contribution in [0.15, 0.2) is 22.7 Å². The molecule has 1 aromatic carbocycles. The van der Waals surface area contributed by atoms with E-state index in [-0.39, 0.29) is 0 Å². The van der Waals surface area contributed by atoms with Crippen LogP contribution in [0.5, 0.6) is 5.75 Å². The summed E-state index contributed by atoms with van der Waals surface area (Å²) in [6.07, 6.45) is 2.42. The maximum absolute atomic E-state index is 5.25. The van der Waals surface area contributed by atoms with E-state index in [9.17, 15) is 0 Å². The number of halogens is 1. The first-order valence-corrected chi connectivity index (χ1v) is 6.79. The Bertz CT molecular complexity index is 376. The molecule has 0 bridgehead atoms. The van der Waals surface area contributed by atoms with Crippen molar-refractivity contribution in [2.45, 2.75) is 18.9 Å². The first-order chi connectivity index (χ1) is 8.24. The van der Waals surface area contributed by atoms with Gasteiger partial charge in [-0.1, -0.05) is 0 Å². The van der Waals surface area contributed by atoms with Crippen molar-refractivity contribution in [3.63, 3.8) is 0 Å². The van der Waals surface area contributed by atoms with E-state index in [2.05, 4.69) is 38.3 Å². The molecule has 17 heavy (non-hydrogen) atoms. The van der Waals surface area contributed by atoms with Gasteiger partial charge in [-0.25, -0.2) is 0 Å². The van der Waals surface area contributed by atoms with E-state index in [0.29, 0.717) is 6.04 Å². The lowest BCUT2D eigenvalue weighted by molar-refractivity contribution is 0.411. The zero-order chi connectivity index (χ0) is 12.3. The van der Waals surface area contributed by atoms with E-state index >= 15 is 0 Å². The first-order valence-electron chi connectivity index (χ1n) is 6.00. The number of rotatable bonds is 3. The molecule has 1 saturated heterocycles. The molecule has 0 unspecified atom stereocenters. The predicted octanol–water partition coefficient (Wildman–Crippen LogP) is 2.65. The Morgan fingerprint density at radius 1 is 1.35 bits per heavy atom. The van der Waals surface area contributed by atoms with Crippen molar-refractivity contribution in [2.75, 3.05) is 32.1 Å². The highest BCUT2D eigenvalue weighted by molar-refractivity contribution is 9.10. The molecule has 1 aliphatic heterocycles. The van der Waals surface area contributed by atoms with Crippen molar-refractivity contribution in [2.24, 2.45) is 0 Å². The lowest BCUT2D eigenvalue weighted by Gasteiger charge is -2.33. The molecule has 4 heteroatoms. The topological polar surface area (TPSA) is 24.5 Å². The Kier molecular flexibility index (Phi) is 4.29. The highest BCUT2D eigenvalue weighted by atomic mass is 79.9. The average Bonchev–Trinajstić information content (AvgIpc) is 2.39. The summed E-state index contributed by atoms with van der Waals surface area (Å²) >= 11 is 3.54. The molecule has 0 saturated carbocycles. The van der Waals surface area contributed by atoms with Crippen LogP contribution >= 0.6 is 15.9 Å². The SMILES string of the molecule is CNC1CCN(c2ccc(OC)c(Br)c2)CC1. The van der Waals surface area contributed by atoms with Gasteiger partial charge in [-0.15, -0.1) is 0 Å². The Labute approximate surface area is 111 Å². The van der Waals surface area contributed by atoms with E-state index in [1.54, 1.807) is 7.11 Å². The minimum Gasteiger partial charge on any atom is -0.496 e. The van der Waals surface area contributed by atoms with Crippen LogP contribution in [0.3, 0.4) is 0 Å². The summed E-state index contributed by atoms with van der Waals surface area (Å²) in [7, 11) is 3.74. The molecule has 3 nitrogen and oxygen atoms in total. The average molecular weight is 299 g/mol. The molecule has 1 aromatic rings. The summed E-state index contributed by atoms with van der Waals surface area (Å²) in [5.74, 6) is 0.888. The molecule has 94 valence electrons. The van der Waals surface area contributed by atoms with Gasteiger partial charge >= 0.3 is 0 Å². The van der Waals surface area contributed by atoms with Crippen LogP contribution in [0, 0.1) is 0 Å². The fourth-order valence-electron chi connectivity index (χ4n) is 2.28. The molecule has 2 rings (SSSR count). The number of methoxy groups -OCH3 is 1. The van der Waals surface area contributed by atoms with Crippen molar-refractivity contribution in [1.29, 1.82) is 0 Å². The first kappa shape index (κ1) is 12.7. The Morgan fingerprint density at radius 3 is 2.59 bits per heavy atom. The number of anilines is 1. The third kappa shape index (κ3) is 2.93. The molecule has 0 amide bonds. The van der Waals surface area contributed by atoms with Crippen LogP contribution in [0.25, 0.3) is 0 Å². The molecule has 0 aliphatic carbocycles. The largest absolute Gasteiger partial charge is 0.496 e. The lowest BCUT2D eigenvalue weighted by Crippen LogP contribution is -2.41. The smallest absolute Gasteiger partial charge is 0.133 e. The molecular weight excluding hydrogens is 280 g/mol. The van der Waals surface area contributed by atoms with E-state index in [0.717, 1.165) is 23.3 Å². The second kappa shape index (κ2) is 5.74. The third-order valence-electron chi connectivity index (χ3n) is 3.40. The number of hydrogen-bond acceptors (Lipinski definition) is 3. The van der Waals surface area contributed by atoms with Crippen molar-refractivity contribution in [3.8, 4) is 5.75 Å². The highest BCUT2D eigenvalue weighted by Gasteiger charge is 2.18. The van der Waals surface area contributed by atoms with Crippen LogP contribution in [0.4, 0.5) is 5.69 Å². The molecule has 1 heterocycles. The standard InChI is InChI=1S/C13H19BrN2O/c1-15-10-5-7-16(8-6-10)11-3-4-13(17-2)12(14)9-11/h3-4,9-10,15H,5-8H2,1-2H3. The van der Waals surface area contributed by atoms with Crippen molar-refractivity contribution >= 4 is 21.6 Å². The van der Waals surface area contributed by atoms with Crippen molar-refractivity contribution < 1.29 is 4.74 Å². The molecule has 0 aromatic heterocycles. The number of benzene rings is 1. The van der Waals surface area contributed by atoms with Gasteiger partial charge in [0.05, 0.1) is 11.6 Å². The van der Waals surface area contributed by atoms with Gasteiger partial charge in [0, 0.05) is 24.8 Å². The summed E-state index contributed by atoms with van der Waals surface area (Å²) in [6.45, 7) is 2.23. The van der Waals surface area contributed by atoms with E-state index in [4.69, 9.17) is 4.74 Å². The second-order valence-electron chi connectivity index (χ2n) is 4.37. The maximum Gasteiger partial charge on any atom is 0.133 e. The summed E-state index contributed by atoms with van der Waals surface area (Å²) in [5, 5.41) is 3.35. The van der Waals surface area contributed by atoms with E-state index < -0.39 is 0 Å². The van der Waals surface area contributed by atoms with Crippen LogP contribution in [0.2, 0.25) is 0 Å². The summed E-state index contributed by atoms with van der Waals surface area (Å²) in [4.78, 5) is 2.43. The van der Waals surface area contributed by atoms with E-state index in [1.807, 2.05) is 13.1 Å². The van der Waals surface area contributed by atoms with Gasteiger partial charge in [0.2, 0.25) is 0 Å². The van der Waals surface area contributed by atoms with Gasteiger partial charge < -0.3 is 15.0 Å². The second-order valence-corrected chi connectivity index (χ2v) is 5.22. The predicted molar refractivity (Wildman–Crippen MR) is 75.0 cm³/mol. The molecule has 0 atom stereocenters. The molecular formula is C13H19BrN2O. The lowest BCUT2D eigenvalue weighted by atomic mass is 10.0. The fourth-order valence-corrected chi connectivity index (χ4v) is 2.81. The van der Waals surface area contributed by atoms with Crippen molar-refractivity contribution in [1.82, 2.24) is 5.32 Å². The quantitative estimate of drug-likeness (QED) is 0.928. The number of nitrogens with zero attached hydrogens (tertiary/aromatic N) is 1. The third-order valence-corrected chi connectivity index (χ3v) is 4.02. The van der Waals surface area contributed by atoms with Gasteiger partial charge in [0.1, 0.15) is 5.75 Å². The monoisotopic (exact) mass is 298 g/mol. The van der Waals surface area contributed by atoms with Crippen LogP contribution < -0.4 is 15.0 Å². The summed E-state index contributed by atoms with van der Waals surface area (Å²) in [6, 6.07) is 6.96. The maximum atomic E-state index is 5.25. The summed E-state index contributed by atoms with van der Waals surface area (Å²) < 4.78 is 6.27. The molecule has 1 aliphatic rings. The number of nitrogens with one attached hydrogen (secondary N) is 1. The van der Waals surface area contributed by atoms with Gasteiger partial charge in [0.25, 0.3) is 0 Å². The van der Waals surface area contributed by atoms with Crippen LogP contribution in [-0.2, 0) is 0 Å². The number of hydrogen-bond donors (Lipinski definition) is 1. The minimum absolute atomic E-state index is 0.674. The van der Waals surface area contributed by atoms with Crippen molar-refractivity contribution in [3.05, 3.63) is 22.7 Å².